The van der Waals surface area contributed by atoms with Crippen LogP contribution in [0, 0.1) is 17.6 Å². The summed E-state index contributed by atoms with van der Waals surface area (Å²) in [6.45, 7) is 0.133. The Bertz CT molecular complexity index is 650. The molecule has 1 amide bonds. The van der Waals surface area contributed by atoms with Crippen molar-refractivity contribution in [3.05, 3.63) is 65.5 Å². The Kier molecular flexibility index (Phi) is 6.17. The molecule has 6 heteroatoms. The maximum Gasteiger partial charge on any atom is 0.224 e. The summed E-state index contributed by atoms with van der Waals surface area (Å²) in [5, 5.41) is 12.0. The second-order valence-corrected chi connectivity index (χ2v) is 5.29. The lowest BCUT2D eigenvalue weighted by Crippen LogP contribution is -2.33. The molecule has 0 aliphatic carbocycles. The molecule has 1 unspecified atom stereocenters. The third-order valence-corrected chi connectivity index (χ3v) is 3.43. The molecule has 122 valence electrons. The SMILES string of the molecule is O=C(Cc1cc(F)ccc1F)NCC(CO)Cc1ccccn1. The molecule has 2 N–H and O–H groups in total. The number of halogens is 2. The van der Waals surface area contributed by atoms with E-state index < -0.39 is 17.5 Å². The Labute approximate surface area is 133 Å². The second-order valence-electron chi connectivity index (χ2n) is 5.29. The van der Waals surface area contributed by atoms with E-state index in [1.54, 1.807) is 12.3 Å². The summed E-state index contributed by atoms with van der Waals surface area (Å²) in [6.07, 6.45) is 1.94. The minimum Gasteiger partial charge on any atom is -0.396 e. The lowest BCUT2D eigenvalue weighted by molar-refractivity contribution is -0.120. The van der Waals surface area contributed by atoms with Gasteiger partial charge in [0.25, 0.3) is 0 Å². The van der Waals surface area contributed by atoms with Crippen molar-refractivity contribution in [2.45, 2.75) is 12.8 Å². The second kappa shape index (κ2) is 8.33. The van der Waals surface area contributed by atoms with Crippen LogP contribution >= 0.6 is 0 Å². The summed E-state index contributed by atoms with van der Waals surface area (Å²) < 4.78 is 26.6. The first-order chi connectivity index (χ1) is 11.1. The normalized spacial score (nSPS) is 12.0. The molecular weight excluding hydrogens is 302 g/mol. The minimum absolute atomic E-state index is 0.00720. The fourth-order valence-electron chi connectivity index (χ4n) is 2.19. The number of aliphatic hydroxyl groups is 1. The monoisotopic (exact) mass is 320 g/mol. The minimum atomic E-state index is -0.617. The largest absolute Gasteiger partial charge is 0.396 e. The van der Waals surface area contributed by atoms with Gasteiger partial charge in [0.2, 0.25) is 5.91 Å². The predicted octanol–water partition coefficient (Wildman–Crippen LogP) is 1.87. The highest BCUT2D eigenvalue weighted by molar-refractivity contribution is 5.78. The number of aliphatic hydroxyl groups excluding tert-OH is 1. The van der Waals surface area contributed by atoms with Crippen molar-refractivity contribution in [3.63, 3.8) is 0 Å². The van der Waals surface area contributed by atoms with E-state index in [1.165, 1.54) is 0 Å². The number of hydrogen-bond donors (Lipinski definition) is 2. The van der Waals surface area contributed by atoms with E-state index in [4.69, 9.17) is 0 Å². The van der Waals surface area contributed by atoms with Gasteiger partial charge in [-0.25, -0.2) is 8.78 Å². The molecule has 23 heavy (non-hydrogen) atoms. The Morgan fingerprint density at radius 1 is 1.26 bits per heavy atom. The molecule has 1 heterocycles. The summed E-state index contributed by atoms with van der Waals surface area (Å²) in [7, 11) is 0. The number of benzene rings is 1. The average Bonchev–Trinajstić information content (AvgIpc) is 2.56. The van der Waals surface area contributed by atoms with Gasteiger partial charge >= 0.3 is 0 Å². The van der Waals surface area contributed by atoms with E-state index in [0.717, 1.165) is 23.9 Å². The number of nitrogens with one attached hydrogen (secondary N) is 1. The smallest absolute Gasteiger partial charge is 0.224 e. The summed E-state index contributed by atoms with van der Waals surface area (Å²) in [4.78, 5) is 16.0. The number of carbonyl (C=O) groups is 1. The van der Waals surface area contributed by atoms with Gasteiger partial charge in [0.1, 0.15) is 11.6 Å². The van der Waals surface area contributed by atoms with Crippen LogP contribution in [0.4, 0.5) is 8.78 Å². The first kappa shape index (κ1) is 17.0. The van der Waals surface area contributed by atoms with Crippen molar-refractivity contribution < 1.29 is 18.7 Å². The third-order valence-electron chi connectivity index (χ3n) is 3.43. The van der Waals surface area contributed by atoms with Gasteiger partial charge in [-0.05, 0) is 36.8 Å². The maximum absolute atomic E-state index is 13.5. The molecule has 1 aromatic heterocycles. The highest BCUT2D eigenvalue weighted by atomic mass is 19.1. The molecule has 2 rings (SSSR count). The van der Waals surface area contributed by atoms with Crippen molar-refractivity contribution in [3.8, 4) is 0 Å². The van der Waals surface area contributed by atoms with Crippen LogP contribution in [0.15, 0.2) is 42.6 Å². The predicted molar refractivity (Wildman–Crippen MR) is 81.6 cm³/mol. The summed E-state index contributed by atoms with van der Waals surface area (Å²) in [6, 6.07) is 8.49. The maximum atomic E-state index is 13.5. The average molecular weight is 320 g/mol. The number of amides is 1. The van der Waals surface area contributed by atoms with Crippen LogP contribution in [0.5, 0.6) is 0 Å². The summed E-state index contributed by atoms with van der Waals surface area (Å²) in [5.41, 5.74) is 0.824. The van der Waals surface area contributed by atoms with Crippen LogP contribution in [0.25, 0.3) is 0 Å². The molecule has 2 aromatic rings. The molecule has 0 spiro atoms. The van der Waals surface area contributed by atoms with Crippen LogP contribution in [-0.2, 0) is 17.6 Å². The van der Waals surface area contributed by atoms with Crippen molar-refractivity contribution in [1.82, 2.24) is 10.3 Å². The lowest BCUT2D eigenvalue weighted by atomic mass is 10.0. The van der Waals surface area contributed by atoms with Crippen LogP contribution in [0.3, 0.4) is 0 Å². The topological polar surface area (TPSA) is 62.2 Å². The third kappa shape index (κ3) is 5.41. The van der Waals surface area contributed by atoms with Crippen LogP contribution in [0.2, 0.25) is 0 Å². The number of pyridine rings is 1. The van der Waals surface area contributed by atoms with Crippen molar-refractivity contribution in [2.75, 3.05) is 13.2 Å². The molecule has 4 nitrogen and oxygen atoms in total. The first-order valence-corrected chi connectivity index (χ1v) is 7.30. The summed E-state index contributed by atoms with van der Waals surface area (Å²) in [5.74, 6) is -1.81. The fourth-order valence-corrected chi connectivity index (χ4v) is 2.19. The van der Waals surface area contributed by atoms with Gasteiger partial charge in [0.15, 0.2) is 0 Å². The molecule has 0 saturated carbocycles. The molecule has 0 aliphatic rings. The van der Waals surface area contributed by atoms with Gasteiger partial charge in [-0.3, -0.25) is 9.78 Å². The highest BCUT2D eigenvalue weighted by Gasteiger charge is 2.13. The van der Waals surface area contributed by atoms with Gasteiger partial charge < -0.3 is 10.4 Å². The van der Waals surface area contributed by atoms with Crippen LogP contribution in [-0.4, -0.2) is 29.1 Å². The van der Waals surface area contributed by atoms with E-state index in [9.17, 15) is 18.7 Å². The first-order valence-electron chi connectivity index (χ1n) is 7.30. The number of hydrogen-bond acceptors (Lipinski definition) is 3. The number of carbonyl (C=O) groups excluding carboxylic acids is 1. The van der Waals surface area contributed by atoms with Gasteiger partial charge in [0, 0.05) is 36.5 Å². The van der Waals surface area contributed by atoms with Gasteiger partial charge in [0.05, 0.1) is 6.42 Å². The number of rotatable bonds is 7. The van der Waals surface area contributed by atoms with Crippen LogP contribution < -0.4 is 5.32 Å². The van der Waals surface area contributed by atoms with E-state index >= 15 is 0 Å². The zero-order chi connectivity index (χ0) is 16.7. The lowest BCUT2D eigenvalue weighted by Gasteiger charge is -2.15. The molecule has 0 saturated heterocycles. The molecule has 1 atom stereocenters. The van der Waals surface area contributed by atoms with E-state index in [-0.39, 0.29) is 31.1 Å². The van der Waals surface area contributed by atoms with E-state index in [1.807, 2.05) is 12.1 Å². The Hall–Kier alpha value is -2.34. The fraction of sp³-hybridized carbons (Fsp3) is 0.294. The zero-order valence-electron chi connectivity index (χ0n) is 12.5. The Morgan fingerprint density at radius 2 is 2.09 bits per heavy atom. The number of nitrogens with zero attached hydrogens (tertiary/aromatic N) is 1. The van der Waals surface area contributed by atoms with Gasteiger partial charge in [-0.1, -0.05) is 6.07 Å². The molecule has 0 fully saturated rings. The standard InChI is InChI=1S/C17H18F2N2O2/c18-14-4-5-16(19)13(8-14)9-17(23)21-10-12(11-22)7-15-3-1-2-6-20-15/h1-6,8,12,22H,7,9-11H2,(H,21,23). The number of aromatic nitrogens is 1. The van der Waals surface area contributed by atoms with Crippen LogP contribution in [0.1, 0.15) is 11.3 Å². The zero-order valence-corrected chi connectivity index (χ0v) is 12.5. The quantitative estimate of drug-likeness (QED) is 0.819. The van der Waals surface area contributed by atoms with E-state index in [0.29, 0.717) is 6.42 Å². The van der Waals surface area contributed by atoms with Crippen molar-refractivity contribution >= 4 is 5.91 Å². The molecule has 0 radical (unpaired) electrons. The molecule has 0 bridgehead atoms. The van der Waals surface area contributed by atoms with Gasteiger partial charge in [-0.2, -0.15) is 0 Å². The molecule has 1 aromatic carbocycles. The Balaban J connectivity index is 1.86. The van der Waals surface area contributed by atoms with Gasteiger partial charge in [-0.15, -0.1) is 0 Å². The molecular formula is C17H18F2N2O2. The molecule has 0 aliphatic heterocycles. The Morgan fingerprint density at radius 3 is 2.78 bits per heavy atom. The van der Waals surface area contributed by atoms with Crippen molar-refractivity contribution in [1.29, 1.82) is 0 Å². The highest BCUT2D eigenvalue weighted by Crippen LogP contribution is 2.10. The van der Waals surface area contributed by atoms with Crippen molar-refractivity contribution in [2.24, 2.45) is 5.92 Å². The summed E-state index contributed by atoms with van der Waals surface area (Å²) >= 11 is 0. The van der Waals surface area contributed by atoms with E-state index in [2.05, 4.69) is 10.3 Å².